The van der Waals surface area contributed by atoms with Crippen LogP contribution in [0, 0.1) is 5.82 Å². The fourth-order valence-electron chi connectivity index (χ4n) is 0.845. The third-order valence-electron chi connectivity index (χ3n) is 1.44. The van der Waals surface area contributed by atoms with Crippen LogP contribution < -0.4 is 5.73 Å². The van der Waals surface area contributed by atoms with Gasteiger partial charge in [-0.3, -0.25) is 0 Å². The van der Waals surface area contributed by atoms with Crippen molar-refractivity contribution in [2.24, 2.45) is 0 Å². The van der Waals surface area contributed by atoms with Crippen molar-refractivity contribution >= 4 is 17.4 Å². The van der Waals surface area contributed by atoms with Gasteiger partial charge in [0.1, 0.15) is 5.82 Å². The molecule has 0 bridgehead atoms. The number of halogens is 1. The molecular weight excluding hydrogens is 189 g/mol. The summed E-state index contributed by atoms with van der Waals surface area (Å²) >= 11 is 1.28. The molecule has 0 fully saturated rings. The Labute approximate surface area is 80.9 Å². The minimum atomic E-state index is -0.429. The molecule has 0 aliphatic rings. The van der Waals surface area contributed by atoms with Gasteiger partial charge in [0.2, 0.25) is 0 Å². The molecule has 1 aromatic rings. The Kier molecular flexibility index (Phi) is 3.57. The van der Waals surface area contributed by atoms with E-state index in [1.165, 1.54) is 17.8 Å². The highest BCUT2D eigenvalue weighted by Crippen LogP contribution is 2.23. The summed E-state index contributed by atoms with van der Waals surface area (Å²) in [4.78, 5) is 0.523. The van der Waals surface area contributed by atoms with Crippen molar-refractivity contribution in [3.8, 4) is 0 Å². The summed E-state index contributed by atoms with van der Waals surface area (Å²) in [7, 11) is 0. The highest BCUT2D eigenvalue weighted by molar-refractivity contribution is 7.99. The van der Waals surface area contributed by atoms with E-state index in [1.54, 1.807) is 19.1 Å². The van der Waals surface area contributed by atoms with E-state index >= 15 is 0 Å². The molecule has 3 N–H and O–H groups in total. The molecule has 1 aromatic carbocycles. The summed E-state index contributed by atoms with van der Waals surface area (Å²) in [5.41, 5.74) is 5.80. The van der Waals surface area contributed by atoms with E-state index in [1.807, 2.05) is 0 Å². The van der Waals surface area contributed by atoms with E-state index in [4.69, 9.17) is 10.8 Å². The smallest absolute Gasteiger partial charge is 0.138 e. The maximum atomic E-state index is 13.1. The lowest BCUT2D eigenvalue weighted by Gasteiger charge is -2.05. The summed E-state index contributed by atoms with van der Waals surface area (Å²) < 4.78 is 13.1. The molecule has 0 saturated heterocycles. The summed E-state index contributed by atoms with van der Waals surface area (Å²) in [5.74, 6) is 0.159. The highest BCUT2D eigenvalue weighted by Gasteiger charge is 2.04. The topological polar surface area (TPSA) is 46.2 Å². The number of aliphatic hydroxyl groups excluding tert-OH is 1. The van der Waals surface area contributed by atoms with Gasteiger partial charge in [0.05, 0.1) is 6.10 Å². The maximum Gasteiger partial charge on any atom is 0.138 e. The molecule has 0 saturated carbocycles. The molecule has 1 unspecified atom stereocenters. The lowest BCUT2D eigenvalue weighted by atomic mass is 10.3. The van der Waals surface area contributed by atoms with Gasteiger partial charge in [-0.25, -0.2) is 4.39 Å². The SMILES string of the molecule is CC(O)CSc1ccc(N)cc1F. The number of benzene rings is 1. The average molecular weight is 201 g/mol. The van der Waals surface area contributed by atoms with Gasteiger partial charge in [0.15, 0.2) is 0 Å². The molecule has 0 spiro atoms. The molecule has 0 aliphatic carbocycles. The van der Waals surface area contributed by atoms with Crippen LogP contribution in [0.15, 0.2) is 23.1 Å². The van der Waals surface area contributed by atoms with Crippen molar-refractivity contribution in [3.05, 3.63) is 24.0 Å². The van der Waals surface area contributed by atoms with Gasteiger partial charge in [0, 0.05) is 16.3 Å². The van der Waals surface area contributed by atoms with Crippen LogP contribution in [0.25, 0.3) is 0 Å². The molecule has 1 rings (SSSR count). The average Bonchev–Trinajstić information content (AvgIpc) is 2.02. The number of nitrogens with two attached hydrogens (primary N) is 1. The largest absolute Gasteiger partial charge is 0.399 e. The number of anilines is 1. The second kappa shape index (κ2) is 4.48. The van der Waals surface area contributed by atoms with E-state index in [2.05, 4.69) is 0 Å². The quantitative estimate of drug-likeness (QED) is 0.580. The summed E-state index contributed by atoms with van der Waals surface area (Å²) in [6.45, 7) is 1.67. The van der Waals surface area contributed by atoms with Crippen LogP contribution in [-0.4, -0.2) is 17.0 Å². The second-order valence-electron chi connectivity index (χ2n) is 2.85. The molecule has 0 amide bonds. The molecular formula is C9H12FNOS. The third-order valence-corrected chi connectivity index (χ3v) is 2.73. The summed E-state index contributed by atoms with van der Waals surface area (Å²) in [6.07, 6.45) is -0.429. The van der Waals surface area contributed by atoms with Crippen LogP contribution in [0.4, 0.5) is 10.1 Å². The van der Waals surface area contributed by atoms with Crippen molar-refractivity contribution in [3.63, 3.8) is 0 Å². The van der Waals surface area contributed by atoms with Gasteiger partial charge in [0.25, 0.3) is 0 Å². The molecule has 72 valence electrons. The van der Waals surface area contributed by atoms with Gasteiger partial charge in [-0.2, -0.15) is 0 Å². The minimum absolute atomic E-state index is 0.328. The molecule has 0 heterocycles. The Bertz CT molecular complexity index is 291. The summed E-state index contributed by atoms with van der Waals surface area (Å²) in [6, 6.07) is 4.55. The Balaban J connectivity index is 2.67. The number of hydrogen-bond acceptors (Lipinski definition) is 3. The number of thioether (sulfide) groups is 1. The Hall–Kier alpha value is -0.740. The first-order valence-corrected chi connectivity index (χ1v) is 4.94. The molecule has 13 heavy (non-hydrogen) atoms. The van der Waals surface area contributed by atoms with Crippen LogP contribution in [0.1, 0.15) is 6.92 Å². The summed E-state index contributed by atoms with van der Waals surface area (Å²) in [5, 5.41) is 8.99. The first kappa shape index (κ1) is 10.3. The van der Waals surface area contributed by atoms with E-state index in [0.29, 0.717) is 16.3 Å². The molecule has 4 heteroatoms. The van der Waals surface area contributed by atoms with Crippen molar-refractivity contribution in [2.75, 3.05) is 11.5 Å². The Morgan fingerprint density at radius 1 is 1.62 bits per heavy atom. The Morgan fingerprint density at radius 3 is 2.85 bits per heavy atom. The minimum Gasteiger partial charge on any atom is -0.399 e. The van der Waals surface area contributed by atoms with E-state index in [-0.39, 0.29) is 5.82 Å². The predicted octanol–water partition coefficient (Wildman–Crippen LogP) is 1.88. The lowest BCUT2D eigenvalue weighted by molar-refractivity contribution is 0.220. The maximum absolute atomic E-state index is 13.1. The highest BCUT2D eigenvalue weighted by atomic mass is 32.2. The fourth-order valence-corrected chi connectivity index (χ4v) is 1.63. The third kappa shape index (κ3) is 3.24. The van der Waals surface area contributed by atoms with Crippen LogP contribution >= 0.6 is 11.8 Å². The van der Waals surface area contributed by atoms with Crippen molar-refractivity contribution in [2.45, 2.75) is 17.9 Å². The molecule has 1 atom stereocenters. The van der Waals surface area contributed by atoms with E-state index in [9.17, 15) is 4.39 Å². The van der Waals surface area contributed by atoms with E-state index < -0.39 is 6.10 Å². The van der Waals surface area contributed by atoms with Crippen molar-refractivity contribution in [1.82, 2.24) is 0 Å². The standard InChI is InChI=1S/C9H12FNOS/c1-6(12)5-13-9-3-2-7(11)4-8(9)10/h2-4,6,12H,5,11H2,1H3. The van der Waals surface area contributed by atoms with Gasteiger partial charge in [-0.15, -0.1) is 11.8 Å². The molecule has 2 nitrogen and oxygen atoms in total. The monoisotopic (exact) mass is 201 g/mol. The van der Waals surface area contributed by atoms with Gasteiger partial charge in [-0.1, -0.05) is 0 Å². The molecule has 0 aromatic heterocycles. The normalized spacial score (nSPS) is 12.8. The van der Waals surface area contributed by atoms with Crippen LogP contribution in [0.3, 0.4) is 0 Å². The van der Waals surface area contributed by atoms with Gasteiger partial charge >= 0.3 is 0 Å². The van der Waals surface area contributed by atoms with Crippen LogP contribution in [0.5, 0.6) is 0 Å². The number of aliphatic hydroxyl groups is 1. The Morgan fingerprint density at radius 2 is 2.31 bits per heavy atom. The second-order valence-corrected chi connectivity index (χ2v) is 3.91. The van der Waals surface area contributed by atoms with E-state index in [0.717, 1.165) is 0 Å². The zero-order chi connectivity index (χ0) is 9.84. The van der Waals surface area contributed by atoms with Gasteiger partial charge in [-0.05, 0) is 25.1 Å². The van der Waals surface area contributed by atoms with Crippen molar-refractivity contribution < 1.29 is 9.50 Å². The van der Waals surface area contributed by atoms with Crippen LogP contribution in [-0.2, 0) is 0 Å². The number of hydrogen-bond donors (Lipinski definition) is 2. The molecule has 0 aliphatic heterocycles. The fraction of sp³-hybridized carbons (Fsp3) is 0.333. The lowest BCUT2D eigenvalue weighted by Crippen LogP contribution is -2.02. The zero-order valence-corrected chi connectivity index (χ0v) is 8.14. The number of nitrogen functional groups attached to an aromatic ring is 1. The first-order chi connectivity index (χ1) is 6.09. The molecule has 0 radical (unpaired) electrons. The first-order valence-electron chi connectivity index (χ1n) is 3.95. The number of rotatable bonds is 3. The van der Waals surface area contributed by atoms with Crippen LogP contribution in [0.2, 0.25) is 0 Å². The zero-order valence-electron chi connectivity index (χ0n) is 7.33. The van der Waals surface area contributed by atoms with Gasteiger partial charge < -0.3 is 10.8 Å². The van der Waals surface area contributed by atoms with Crippen molar-refractivity contribution in [1.29, 1.82) is 0 Å². The predicted molar refractivity (Wildman–Crippen MR) is 53.2 cm³/mol.